The number of aryl methyl sites for hydroxylation is 1. The highest BCUT2D eigenvalue weighted by molar-refractivity contribution is 6.28. The van der Waals surface area contributed by atoms with Crippen LogP contribution in [0.15, 0.2) is 0 Å². The Hall–Kier alpha value is -1.56. The minimum atomic E-state index is -0.0423. The van der Waals surface area contributed by atoms with Crippen LogP contribution in [0.25, 0.3) is 0 Å². The Morgan fingerprint density at radius 1 is 1.53 bits per heavy atom. The fourth-order valence-corrected chi connectivity index (χ4v) is 1.36. The van der Waals surface area contributed by atoms with Gasteiger partial charge < -0.3 is 16.0 Å². The first-order valence-electron chi connectivity index (χ1n) is 5.23. The molecule has 0 saturated heterocycles. The van der Waals surface area contributed by atoms with Crippen LogP contribution in [-0.4, -0.2) is 40.9 Å². The van der Waals surface area contributed by atoms with Gasteiger partial charge in [-0.1, -0.05) is 0 Å². The van der Waals surface area contributed by atoms with Crippen LogP contribution in [0.2, 0.25) is 5.28 Å². The predicted molar refractivity (Wildman–Crippen MR) is 68.0 cm³/mol. The second-order valence-corrected chi connectivity index (χ2v) is 3.94. The summed E-state index contributed by atoms with van der Waals surface area (Å²) in [4.78, 5) is 21.0. The van der Waals surface area contributed by atoms with Gasteiger partial charge >= 0.3 is 0 Å². The Kier molecular flexibility index (Phi) is 4.51. The Morgan fingerprint density at radius 3 is 2.76 bits per heavy atom. The lowest BCUT2D eigenvalue weighted by Gasteiger charge is -2.15. The lowest BCUT2D eigenvalue weighted by Crippen LogP contribution is -2.32. The normalized spacial score (nSPS) is 10.1. The molecule has 7 heteroatoms. The molecular formula is C10H16ClN5O. The van der Waals surface area contributed by atoms with E-state index < -0.39 is 0 Å². The quantitative estimate of drug-likeness (QED) is 0.784. The monoisotopic (exact) mass is 257 g/mol. The molecule has 6 nitrogen and oxygen atoms in total. The number of rotatable bonds is 4. The Morgan fingerprint density at radius 2 is 2.18 bits per heavy atom. The van der Waals surface area contributed by atoms with Gasteiger partial charge in [-0.05, 0) is 25.4 Å². The van der Waals surface area contributed by atoms with Gasteiger partial charge in [0.25, 0.3) is 0 Å². The van der Waals surface area contributed by atoms with Crippen LogP contribution >= 0.6 is 11.6 Å². The van der Waals surface area contributed by atoms with Crippen molar-refractivity contribution in [3.05, 3.63) is 11.0 Å². The number of anilines is 2. The SMILES string of the molecule is CCN(C)C(=O)CNc1nc(Cl)nc(C)c1N. The fourth-order valence-electron chi connectivity index (χ4n) is 1.15. The van der Waals surface area contributed by atoms with Crippen LogP contribution < -0.4 is 11.1 Å². The molecule has 17 heavy (non-hydrogen) atoms. The van der Waals surface area contributed by atoms with Gasteiger partial charge in [-0.3, -0.25) is 4.79 Å². The summed E-state index contributed by atoms with van der Waals surface area (Å²) in [5.74, 6) is 0.347. The maximum absolute atomic E-state index is 11.6. The molecule has 0 spiro atoms. The molecule has 0 aliphatic rings. The summed E-state index contributed by atoms with van der Waals surface area (Å²) in [5.41, 5.74) is 6.77. The number of hydrogen-bond acceptors (Lipinski definition) is 5. The summed E-state index contributed by atoms with van der Waals surface area (Å²) < 4.78 is 0. The van der Waals surface area contributed by atoms with Gasteiger partial charge in [0.15, 0.2) is 5.82 Å². The highest BCUT2D eigenvalue weighted by atomic mass is 35.5. The van der Waals surface area contributed by atoms with Gasteiger partial charge in [0.05, 0.1) is 17.9 Å². The minimum absolute atomic E-state index is 0.0423. The standard InChI is InChI=1S/C10H16ClN5O/c1-4-16(3)7(17)5-13-9-8(12)6(2)14-10(11)15-9/h4-5,12H2,1-3H3,(H,13,14,15). The lowest BCUT2D eigenvalue weighted by molar-refractivity contribution is -0.127. The van der Waals surface area contributed by atoms with Crippen molar-refractivity contribution in [3.63, 3.8) is 0 Å². The molecule has 0 saturated carbocycles. The number of likely N-dealkylation sites (N-methyl/N-ethyl adjacent to an activating group) is 1. The minimum Gasteiger partial charge on any atom is -0.394 e. The van der Waals surface area contributed by atoms with Crippen LogP contribution in [0.4, 0.5) is 11.5 Å². The first-order chi connectivity index (χ1) is 7.95. The molecule has 1 aromatic heterocycles. The molecule has 94 valence electrons. The number of nitrogen functional groups attached to an aromatic ring is 1. The van der Waals surface area contributed by atoms with Crippen LogP contribution in [0.3, 0.4) is 0 Å². The molecule has 0 fully saturated rings. The van der Waals surface area contributed by atoms with E-state index in [-0.39, 0.29) is 17.7 Å². The largest absolute Gasteiger partial charge is 0.394 e. The number of carbonyl (C=O) groups excluding carboxylic acids is 1. The summed E-state index contributed by atoms with van der Waals surface area (Å²) in [6, 6.07) is 0. The zero-order valence-electron chi connectivity index (χ0n) is 10.1. The zero-order chi connectivity index (χ0) is 13.0. The number of nitrogens with one attached hydrogen (secondary N) is 1. The van der Waals surface area contributed by atoms with E-state index in [0.717, 1.165) is 0 Å². The Labute approximate surface area is 105 Å². The number of nitrogens with zero attached hydrogens (tertiary/aromatic N) is 3. The second kappa shape index (κ2) is 5.67. The van der Waals surface area contributed by atoms with Gasteiger partial charge in [0.1, 0.15) is 0 Å². The van der Waals surface area contributed by atoms with Crippen molar-refractivity contribution < 1.29 is 4.79 Å². The number of carbonyl (C=O) groups is 1. The van der Waals surface area contributed by atoms with Gasteiger partial charge in [0.2, 0.25) is 11.2 Å². The lowest BCUT2D eigenvalue weighted by atomic mass is 10.3. The predicted octanol–water partition coefficient (Wildman–Crippen LogP) is 0.911. The fraction of sp³-hybridized carbons (Fsp3) is 0.500. The maximum atomic E-state index is 11.6. The molecule has 0 aromatic carbocycles. The van der Waals surface area contributed by atoms with Crippen LogP contribution in [0.5, 0.6) is 0 Å². The average molecular weight is 258 g/mol. The molecule has 1 aromatic rings. The van der Waals surface area contributed by atoms with E-state index in [1.165, 1.54) is 0 Å². The molecule has 1 amide bonds. The van der Waals surface area contributed by atoms with E-state index in [2.05, 4.69) is 15.3 Å². The van der Waals surface area contributed by atoms with Crippen LogP contribution in [0.1, 0.15) is 12.6 Å². The maximum Gasteiger partial charge on any atom is 0.241 e. The van der Waals surface area contributed by atoms with Crippen molar-refractivity contribution in [1.82, 2.24) is 14.9 Å². The van der Waals surface area contributed by atoms with Gasteiger partial charge in [-0.15, -0.1) is 0 Å². The van der Waals surface area contributed by atoms with Crippen molar-refractivity contribution >= 4 is 29.0 Å². The molecule has 0 bridgehead atoms. The van der Waals surface area contributed by atoms with Gasteiger partial charge in [0, 0.05) is 13.6 Å². The molecule has 3 N–H and O–H groups in total. The van der Waals surface area contributed by atoms with Crippen molar-refractivity contribution in [2.45, 2.75) is 13.8 Å². The molecule has 0 aliphatic carbocycles. The molecular weight excluding hydrogens is 242 g/mol. The third kappa shape index (κ3) is 3.45. The number of aromatic nitrogens is 2. The summed E-state index contributed by atoms with van der Waals surface area (Å²) in [7, 11) is 1.73. The van der Waals surface area contributed by atoms with E-state index >= 15 is 0 Å². The second-order valence-electron chi connectivity index (χ2n) is 3.60. The topological polar surface area (TPSA) is 84.1 Å². The smallest absolute Gasteiger partial charge is 0.241 e. The van der Waals surface area contributed by atoms with Crippen molar-refractivity contribution in [1.29, 1.82) is 0 Å². The molecule has 0 aliphatic heterocycles. The first kappa shape index (κ1) is 13.5. The Bertz CT molecular complexity index is 423. The number of amides is 1. The van der Waals surface area contributed by atoms with E-state index in [4.69, 9.17) is 17.3 Å². The molecule has 1 rings (SSSR count). The zero-order valence-corrected chi connectivity index (χ0v) is 10.9. The number of hydrogen-bond donors (Lipinski definition) is 2. The molecule has 0 unspecified atom stereocenters. The van der Waals surface area contributed by atoms with E-state index in [0.29, 0.717) is 23.7 Å². The van der Waals surface area contributed by atoms with E-state index in [1.54, 1.807) is 18.9 Å². The van der Waals surface area contributed by atoms with E-state index in [1.807, 2.05) is 6.92 Å². The first-order valence-corrected chi connectivity index (χ1v) is 5.61. The van der Waals surface area contributed by atoms with Gasteiger partial charge in [-0.2, -0.15) is 4.98 Å². The van der Waals surface area contributed by atoms with Gasteiger partial charge in [-0.25, -0.2) is 4.98 Å². The summed E-state index contributed by atoms with van der Waals surface area (Å²) in [5, 5.41) is 2.96. The number of halogens is 1. The molecule has 1 heterocycles. The van der Waals surface area contributed by atoms with Crippen LogP contribution in [-0.2, 0) is 4.79 Å². The third-order valence-electron chi connectivity index (χ3n) is 2.42. The van der Waals surface area contributed by atoms with Crippen LogP contribution in [0, 0.1) is 6.92 Å². The van der Waals surface area contributed by atoms with E-state index in [9.17, 15) is 4.79 Å². The highest BCUT2D eigenvalue weighted by Crippen LogP contribution is 2.20. The van der Waals surface area contributed by atoms with Crippen molar-refractivity contribution in [3.8, 4) is 0 Å². The summed E-state index contributed by atoms with van der Waals surface area (Å²) in [6.45, 7) is 4.41. The number of nitrogens with two attached hydrogens (primary N) is 1. The Balaban J connectivity index is 2.73. The molecule has 0 atom stereocenters. The summed E-state index contributed by atoms with van der Waals surface area (Å²) >= 11 is 5.71. The van der Waals surface area contributed by atoms with Crippen molar-refractivity contribution in [2.24, 2.45) is 0 Å². The highest BCUT2D eigenvalue weighted by Gasteiger charge is 2.10. The van der Waals surface area contributed by atoms with Crippen molar-refractivity contribution in [2.75, 3.05) is 31.2 Å². The third-order valence-corrected chi connectivity index (χ3v) is 2.59. The molecule has 0 radical (unpaired) electrons. The average Bonchev–Trinajstić information content (AvgIpc) is 2.30. The summed E-state index contributed by atoms with van der Waals surface area (Å²) in [6.07, 6.45) is 0.